The third-order valence-electron chi connectivity index (χ3n) is 14.0. The zero-order chi connectivity index (χ0) is 38.9. The number of aromatic nitrogens is 2. The zero-order valence-electron chi connectivity index (χ0n) is 33.7. The van der Waals surface area contributed by atoms with Crippen molar-refractivity contribution in [2.24, 2.45) is 0 Å². The van der Waals surface area contributed by atoms with Gasteiger partial charge in [0, 0.05) is 27.5 Å². The highest BCUT2D eigenvalue weighted by molar-refractivity contribution is 6.25. The van der Waals surface area contributed by atoms with E-state index in [9.17, 15) is 0 Å². The summed E-state index contributed by atoms with van der Waals surface area (Å²) < 4.78 is 5.20. The number of anilines is 3. The fraction of sp³-hybridized carbons (Fsp3) is 0.214. The Kier molecular flexibility index (Phi) is 8.35. The highest BCUT2D eigenvalue weighted by Gasteiger charge is 2.28. The first-order chi connectivity index (χ1) is 29.3. The third-order valence-corrected chi connectivity index (χ3v) is 14.0. The Morgan fingerprint density at radius 2 is 0.864 bits per heavy atom. The van der Waals surface area contributed by atoms with Crippen LogP contribution in [0.5, 0.6) is 0 Å². The Bertz CT molecular complexity index is 3000. The van der Waals surface area contributed by atoms with Gasteiger partial charge in [0.25, 0.3) is 0 Å². The summed E-state index contributed by atoms with van der Waals surface area (Å²) in [5, 5.41) is 4.23. The normalized spacial score (nSPS) is 15.7. The van der Waals surface area contributed by atoms with E-state index >= 15 is 0 Å². The Labute approximate surface area is 346 Å². The van der Waals surface area contributed by atoms with E-state index in [2.05, 4.69) is 177 Å². The molecule has 2 saturated carbocycles. The second kappa shape index (κ2) is 14.2. The van der Waals surface area contributed by atoms with Crippen LogP contribution in [0.4, 0.5) is 17.1 Å². The van der Waals surface area contributed by atoms with E-state index in [1.165, 1.54) is 147 Å². The maximum Gasteiger partial charge on any atom is 0.131 e. The van der Waals surface area contributed by atoms with E-state index in [1.54, 1.807) is 0 Å². The second-order valence-corrected chi connectivity index (χ2v) is 17.4. The fourth-order valence-corrected chi connectivity index (χ4v) is 11.1. The standard InChI is InChI=1S/C56H49N3/c1-5-14-38(15-6-1)42-24-30-46(31-25-42)57(47-32-26-43(27-33-47)39-16-7-2-8-17-39)52-22-13-23-53-55(52)59-51-35-29-45(41-20-11-4-12-21-41)37-49(51)54-48-36-44(40-18-9-3-10-19-40)28-34-50(48)58(53)56(54)59/h1-2,5-8,13-17,22-37,40-41H,3-4,9-12,18-21H2. The van der Waals surface area contributed by atoms with Crippen molar-refractivity contribution in [3.8, 4) is 22.3 Å². The van der Waals surface area contributed by atoms with Crippen LogP contribution < -0.4 is 4.90 Å². The summed E-state index contributed by atoms with van der Waals surface area (Å²) in [6.07, 6.45) is 13.3. The van der Waals surface area contributed by atoms with Gasteiger partial charge < -0.3 is 4.90 Å². The molecule has 0 unspecified atom stereocenters. The van der Waals surface area contributed by atoms with Crippen LogP contribution in [-0.2, 0) is 0 Å². The molecule has 0 N–H and O–H groups in total. The lowest BCUT2D eigenvalue weighted by Crippen LogP contribution is -2.11. The van der Waals surface area contributed by atoms with Gasteiger partial charge in [-0.1, -0.05) is 142 Å². The summed E-state index contributed by atoms with van der Waals surface area (Å²) in [5.41, 5.74) is 17.8. The summed E-state index contributed by atoms with van der Waals surface area (Å²) in [7, 11) is 0. The fourth-order valence-electron chi connectivity index (χ4n) is 11.1. The Hall–Kier alpha value is -6.32. The summed E-state index contributed by atoms with van der Waals surface area (Å²) in [6.45, 7) is 0. The molecule has 0 amide bonds. The maximum atomic E-state index is 2.62. The molecule has 2 fully saturated rings. The predicted molar refractivity (Wildman–Crippen MR) is 249 cm³/mol. The first-order valence-corrected chi connectivity index (χ1v) is 22.2. The van der Waals surface area contributed by atoms with Crippen LogP contribution in [0.25, 0.3) is 66.1 Å². The van der Waals surface area contributed by atoms with E-state index in [0.717, 1.165) is 11.4 Å². The third kappa shape index (κ3) is 5.69. The van der Waals surface area contributed by atoms with Crippen LogP contribution in [0.1, 0.15) is 87.2 Å². The molecule has 2 aliphatic rings. The van der Waals surface area contributed by atoms with Crippen molar-refractivity contribution in [1.82, 2.24) is 8.80 Å². The second-order valence-electron chi connectivity index (χ2n) is 17.4. The van der Waals surface area contributed by atoms with Gasteiger partial charge in [0.2, 0.25) is 0 Å². The molecule has 0 spiro atoms. The average Bonchev–Trinajstić information content (AvgIpc) is 3.95. The number of rotatable bonds is 7. The van der Waals surface area contributed by atoms with Gasteiger partial charge in [-0.25, -0.2) is 0 Å². The van der Waals surface area contributed by atoms with Gasteiger partial charge in [-0.3, -0.25) is 8.80 Å². The summed E-state index contributed by atoms with van der Waals surface area (Å²) in [4.78, 5) is 2.48. The molecule has 3 nitrogen and oxygen atoms in total. The summed E-state index contributed by atoms with van der Waals surface area (Å²) >= 11 is 0. The molecular weight excluding hydrogens is 715 g/mol. The molecule has 0 atom stereocenters. The SMILES string of the molecule is c1ccc(-c2ccc(N(c3ccc(-c4ccccc4)cc3)c3cccc4c3n3c5ccc(C6CCCCC6)cc5c5c6cc(C7CCCCC7)ccc6n4c53)cc2)cc1. The minimum Gasteiger partial charge on any atom is -0.308 e. The van der Waals surface area contributed by atoms with Crippen molar-refractivity contribution in [2.75, 3.05) is 4.90 Å². The van der Waals surface area contributed by atoms with E-state index in [4.69, 9.17) is 0 Å². The van der Waals surface area contributed by atoms with Crippen LogP contribution in [0.2, 0.25) is 0 Å². The first kappa shape index (κ1) is 34.7. The van der Waals surface area contributed by atoms with Crippen LogP contribution in [0.15, 0.2) is 164 Å². The topological polar surface area (TPSA) is 12.1 Å². The van der Waals surface area contributed by atoms with Crippen LogP contribution >= 0.6 is 0 Å². The highest BCUT2D eigenvalue weighted by Crippen LogP contribution is 2.48. The molecule has 2 aliphatic carbocycles. The monoisotopic (exact) mass is 763 g/mol. The van der Waals surface area contributed by atoms with E-state index in [0.29, 0.717) is 11.8 Å². The van der Waals surface area contributed by atoms with Crippen LogP contribution in [0.3, 0.4) is 0 Å². The highest BCUT2D eigenvalue weighted by atomic mass is 15.2. The molecule has 12 rings (SSSR count). The minimum atomic E-state index is 0.650. The Balaban J connectivity index is 1.11. The lowest BCUT2D eigenvalue weighted by molar-refractivity contribution is 0.444. The summed E-state index contributed by atoms with van der Waals surface area (Å²) in [6, 6.07) is 61.6. The first-order valence-electron chi connectivity index (χ1n) is 22.2. The largest absolute Gasteiger partial charge is 0.308 e. The Morgan fingerprint density at radius 3 is 1.37 bits per heavy atom. The number of nitrogens with zero attached hydrogens (tertiary/aromatic N) is 3. The molecule has 3 heteroatoms. The van der Waals surface area contributed by atoms with Gasteiger partial charge in [0.1, 0.15) is 5.65 Å². The van der Waals surface area contributed by atoms with Crippen LogP contribution in [-0.4, -0.2) is 8.80 Å². The van der Waals surface area contributed by atoms with E-state index < -0.39 is 0 Å². The number of benzene rings is 7. The van der Waals surface area contributed by atoms with Crippen molar-refractivity contribution in [1.29, 1.82) is 0 Å². The molecule has 3 heterocycles. The molecule has 10 aromatic rings. The van der Waals surface area contributed by atoms with Gasteiger partial charge in [-0.15, -0.1) is 0 Å². The quantitative estimate of drug-likeness (QED) is 0.157. The van der Waals surface area contributed by atoms with Crippen molar-refractivity contribution in [3.05, 3.63) is 175 Å². The van der Waals surface area contributed by atoms with Gasteiger partial charge in [0.05, 0.1) is 27.8 Å². The molecule has 0 aliphatic heterocycles. The average molecular weight is 764 g/mol. The van der Waals surface area contributed by atoms with Gasteiger partial charge in [-0.2, -0.15) is 0 Å². The molecular formula is C56H49N3. The van der Waals surface area contributed by atoms with E-state index in [1.807, 2.05) is 0 Å². The molecule has 0 radical (unpaired) electrons. The number of para-hydroxylation sites is 1. The zero-order valence-corrected chi connectivity index (χ0v) is 33.7. The molecule has 59 heavy (non-hydrogen) atoms. The van der Waals surface area contributed by atoms with Crippen molar-refractivity contribution in [3.63, 3.8) is 0 Å². The van der Waals surface area contributed by atoms with E-state index in [-0.39, 0.29) is 0 Å². The maximum absolute atomic E-state index is 2.62. The van der Waals surface area contributed by atoms with Gasteiger partial charge in [0.15, 0.2) is 0 Å². The lowest BCUT2D eigenvalue weighted by Gasteiger charge is -2.27. The smallest absolute Gasteiger partial charge is 0.131 e. The van der Waals surface area contributed by atoms with Crippen molar-refractivity contribution >= 4 is 60.9 Å². The van der Waals surface area contributed by atoms with Crippen LogP contribution in [0, 0.1) is 0 Å². The molecule has 7 aromatic carbocycles. The number of fused-ring (bicyclic) bond motifs is 9. The van der Waals surface area contributed by atoms with Gasteiger partial charge >= 0.3 is 0 Å². The molecule has 0 bridgehead atoms. The number of hydrogen-bond donors (Lipinski definition) is 0. The van der Waals surface area contributed by atoms with Crippen molar-refractivity contribution < 1.29 is 0 Å². The molecule has 0 saturated heterocycles. The Morgan fingerprint density at radius 1 is 0.390 bits per heavy atom. The van der Waals surface area contributed by atoms with Crippen molar-refractivity contribution in [2.45, 2.75) is 76.0 Å². The van der Waals surface area contributed by atoms with Gasteiger partial charge in [-0.05, 0) is 132 Å². The predicted octanol–water partition coefficient (Wildman–Crippen LogP) is 16.0. The lowest BCUT2D eigenvalue weighted by atomic mass is 9.83. The molecule has 288 valence electrons. The summed E-state index contributed by atoms with van der Waals surface area (Å²) in [5.74, 6) is 1.31. The molecule has 3 aromatic heterocycles. The number of imidazole rings is 1. The number of hydrogen-bond acceptors (Lipinski definition) is 1. The minimum absolute atomic E-state index is 0.650.